The van der Waals surface area contributed by atoms with Crippen molar-refractivity contribution in [2.24, 2.45) is 0 Å². The van der Waals surface area contributed by atoms with E-state index in [1.54, 1.807) is 0 Å². The molecule has 1 nitrogen and oxygen atoms in total. The van der Waals surface area contributed by atoms with E-state index in [1.165, 1.54) is 21.2 Å². The van der Waals surface area contributed by atoms with Crippen LogP contribution in [0.25, 0.3) is 0 Å². The minimum atomic E-state index is 0.353. The van der Waals surface area contributed by atoms with E-state index in [0.717, 1.165) is 23.6 Å². The highest BCUT2D eigenvalue weighted by Crippen LogP contribution is 2.39. The van der Waals surface area contributed by atoms with Gasteiger partial charge in [-0.25, -0.2) is 0 Å². The van der Waals surface area contributed by atoms with Gasteiger partial charge in [-0.3, -0.25) is 0 Å². The van der Waals surface area contributed by atoms with Crippen molar-refractivity contribution in [2.45, 2.75) is 25.8 Å². The van der Waals surface area contributed by atoms with E-state index in [4.69, 9.17) is 11.6 Å². The number of hydrogen-bond donors (Lipinski definition) is 1. The fraction of sp³-hybridized carbons (Fsp3) is 0.250. The molecule has 0 heterocycles. The standard InChI is InChI=1S/C16H15BrClN/c1-10-4-2-7-14(18)16(10)19-15-9-8-11-12(15)5-3-6-13(11)17/h2-7,15,19H,8-9H2,1H3. The van der Waals surface area contributed by atoms with E-state index in [1.807, 2.05) is 12.1 Å². The third-order valence-electron chi connectivity index (χ3n) is 3.75. The van der Waals surface area contributed by atoms with Gasteiger partial charge in [0.15, 0.2) is 0 Å². The number of halogens is 2. The lowest BCUT2D eigenvalue weighted by molar-refractivity contribution is 0.761. The second-order valence-corrected chi connectivity index (χ2v) is 6.24. The first-order valence-electron chi connectivity index (χ1n) is 6.46. The van der Waals surface area contributed by atoms with E-state index in [-0.39, 0.29) is 0 Å². The molecule has 0 spiro atoms. The molecule has 3 heteroatoms. The summed E-state index contributed by atoms with van der Waals surface area (Å²) in [4.78, 5) is 0. The summed E-state index contributed by atoms with van der Waals surface area (Å²) in [6, 6.07) is 12.8. The average molecular weight is 337 g/mol. The molecule has 1 unspecified atom stereocenters. The van der Waals surface area contributed by atoms with Crippen LogP contribution >= 0.6 is 27.5 Å². The van der Waals surface area contributed by atoms with Crippen molar-refractivity contribution in [3.63, 3.8) is 0 Å². The van der Waals surface area contributed by atoms with Gasteiger partial charge in [-0.2, -0.15) is 0 Å². The summed E-state index contributed by atoms with van der Waals surface area (Å²) in [5, 5.41) is 4.40. The lowest BCUT2D eigenvalue weighted by Gasteiger charge is -2.18. The van der Waals surface area contributed by atoms with Crippen molar-refractivity contribution in [1.29, 1.82) is 0 Å². The van der Waals surface area contributed by atoms with Gasteiger partial charge in [-0.15, -0.1) is 0 Å². The largest absolute Gasteiger partial charge is 0.377 e. The van der Waals surface area contributed by atoms with Crippen molar-refractivity contribution in [2.75, 3.05) is 5.32 Å². The number of para-hydroxylation sites is 1. The van der Waals surface area contributed by atoms with Gasteiger partial charge in [0.2, 0.25) is 0 Å². The van der Waals surface area contributed by atoms with Gasteiger partial charge in [0.25, 0.3) is 0 Å². The SMILES string of the molecule is Cc1cccc(Cl)c1NC1CCc2c(Br)cccc21. The molecular formula is C16H15BrClN. The van der Waals surface area contributed by atoms with Crippen LogP contribution in [0.1, 0.15) is 29.2 Å². The Labute approximate surface area is 127 Å². The molecule has 0 saturated heterocycles. The van der Waals surface area contributed by atoms with Crippen LogP contribution in [0.3, 0.4) is 0 Å². The maximum atomic E-state index is 6.29. The number of benzene rings is 2. The van der Waals surface area contributed by atoms with E-state index >= 15 is 0 Å². The molecule has 1 aliphatic rings. The predicted molar refractivity (Wildman–Crippen MR) is 85.0 cm³/mol. The first kappa shape index (κ1) is 13.0. The molecule has 1 aliphatic carbocycles. The molecule has 0 fully saturated rings. The summed E-state index contributed by atoms with van der Waals surface area (Å²) in [7, 11) is 0. The zero-order valence-corrected chi connectivity index (χ0v) is 13.1. The molecule has 2 aromatic rings. The zero-order chi connectivity index (χ0) is 13.4. The number of hydrogen-bond acceptors (Lipinski definition) is 1. The molecular weight excluding hydrogens is 322 g/mol. The van der Waals surface area contributed by atoms with Crippen molar-refractivity contribution in [3.8, 4) is 0 Å². The Balaban J connectivity index is 1.93. The molecule has 0 aliphatic heterocycles. The molecule has 1 N–H and O–H groups in total. The maximum absolute atomic E-state index is 6.29. The molecule has 98 valence electrons. The number of aryl methyl sites for hydroxylation is 1. The second-order valence-electron chi connectivity index (χ2n) is 4.97. The molecule has 2 aromatic carbocycles. The number of nitrogens with one attached hydrogen (secondary N) is 1. The smallest absolute Gasteiger partial charge is 0.0640 e. The zero-order valence-electron chi connectivity index (χ0n) is 10.7. The second kappa shape index (κ2) is 5.18. The topological polar surface area (TPSA) is 12.0 Å². The summed E-state index contributed by atoms with van der Waals surface area (Å²) in [6.45, 7) is 2.09. The van der Waals surface area contributed by atoms with Crippen LogP contribution in [0.15, 0.2) is 40.9 Å². The fourth-order valence-electron chi connectivity index (χ4n) is 2.75. The van der Waals surface area contributed by atoms with Crippen LogP contribution < -0.4 is 5.32 Å². The summed E-state index contributed by atoms with van der Waals surface area (Å²) < 4.78 is 1.21. The highest BCUT2D eigenvalue weighted by molar-refractivity contribution is 9.10. The molecule has 0 radical (unpaired) electrons. The first-order chi connectivity index (χ1) is 9.16. The molecule has 0 bridgehead atoms. The highest BCUT2D eigenvalue weighted by Gasteiger charge is 2.24. The van der Waals surface area contributed by atoms with Crippen LogP contribution in [-0.2, 0) is 6.42 Å². The lowest BCUT2D eigenvalue weighted by atomic mass is 10.1. The molecule has 0 saturated carbocycles. The summed E-state index contributed by atoms with van der Waals surface area (Å²) in [5.74, 6) is 0. The van der Waals surface area contributed by atoms with Crippen LogP contribution in [-0.4, -0.2) is 0 Å². The Kier molecular flexibility index (Phi) is 3.55. The number of rotatable bonds is 2. The van der Waals surface area contributed by atoms with Gasteiger partial charge in [0, 0.05) is 4.47 Å². The van der Waals surface area contributed by atoms with Gasteiger partial charge >= 0.3 is 0 Å². The van der Waals surface area contributed by atoms with Crippen molar-refractivity contribution >= 4 is 33.2 Å². The van der Waals surface area contributed by atoms with Crippen LogP contribution in [0.4, 0.5) is 5.69 Å². The van der Waals surface area contributed by atoms with Gasteiger partial charge in [0.05, 0.1) is 16.8 Å². The third kappa shape index (κ3) is 2.39. The molecule has 3 rings (SSSR count). The minimum Gasteiger partial charge on any atom is -0.377 e. The Hall–Kier alpha value is -0.990. The Morgan fingerprint density at radius 2 is 2.00 bits per heavy atom. The summed E-state index contributed by atoms with van der Waals surface area (Å²) >= 11 is 9.93. The molecule has 1 atom stereocenters. The van der Waals surface area contributed by atoms with Crippen molar-refractivity contribution in [3.05, 3.63) is 62.6 Å². The van der Waals surface area contributed by atoms with E-state index in [2.05, 4.69) is 52.4 Å². The summed E-state index contributed by atoms with van der Waals surface area (Å²) in [5.41, 5.74) is 5.05. The van der Waals surface area contributed by atoms with Gasteiger partial charge in [0.1, 0.15) is 0 Å². The van der Waals surface area contributed by atoms with Crippen LogP contribution in [0.5, 0.6) is 0 Å². The lowest BCUT2D eigenvalue weighted by Crippen LogP contribution is -2.08. The molecule has 0 amide bonds. The van der Waals surface area contributed by atoms with Gasteiger partial charge < -0.3 is 5.32 Å². The van der Waals surface area contributed by atoms with E-state index in [9.17, 15) is 0 Å². The van der Waals surface area contributed by atoms with Crippen LogP contribution in [0, 0.1) is 6.92 Å². The normalized spacial score (nSPS) is 17.3. The molecule has 0 aromatic heterocycles. The van der Waals surface area contributed by atoms with E-state index in [0.29, 0.717) is 6.04 Å². The first-order valence-corrected chi connectivity index (χ1v) is 7.63. The highest BCUT2D eigenvalue weighted by atomic mass is 79.9. The van der Waals surface area contributed by atoms with Gasteiger partial charge in [-0.05, 0) is 48.6 Å². The summed E-state index contributed by atoms with van der Waals surface area (Å²) in [6.07, 6.45) is 2.22. The van der Waals surface area contributed by atoms with Gasteiger partial charge in [-0.1, -0.05) is 51.8 Å². The average Bonchev–Trinajstić information content (AvgIpc) is 2.79. The fourth-order valence-corrected chi connectivity index (χ4v) is 3.60. The number of fused-ring (bicyclic) bond motifs is 1. The number of anilines is 1. The maximum Gasteiger partial charge on any atom is 0.0640 e. The van der Waals surface area contributed by atoms with Crippen LogP contribution in [0.2, 0.25) is 5.02 Å². The monoisotopic (exact) mass is 335 g/mol. The quantitative estimate of drug-likeness (QED) is 0.762. The molecule has 19 heavy (non-hydrogen) atoms. The minimum absolute atomic E-state index is 0.353. The van der Waals surface area contributed by atoms with E-state index < -0.39 is 0 Å². The van der Waals surface area contributed by atoms with Crippen molar-refractivity contribution in [1.82, 2.24) is 0 Å². The Bertz CT molecular complexity index is 604. The Morgan fingerprint density at radius 1 is 1.21 bits per heavy atom. The van der Waals surface area contributed by atoms with Crippen molar-refractivity contribution < 1.29 is 0 Å². The Morgan fingerprint density at radius 3 is 2.79 bits per heavy atom. The third-order valence-corrected chi connectivity index (χ3v) is 4.81. The predicted octanol–water partition coefficient (Wildman–Crippen LogP) is 5.51.